The van der Waals surface area contributed by atoms with Crippen LogP contribution in [0.1, 0.15) is 10.4 Å². The summed E-state index contributed by atoms with van der Waals surface area (Å²) in [5.74, 6) is -4.14. The van der Waals surface area contributed by atoms with Gasteiger partial charge in [0.1, 0.15) is 5.75 Å². The Bertz CT molecular complexity index is 862. The third kappa shape index (κ3) is 4.05. The van der Waals surface area contributed by atoms with Crippen molar-refractivity contribution in [3.8, 4) is 5.75 Å². The standard InChI is InChI=1S/C16H13NO6S/c1-24(21,22)17(14(18)12-8-4-2-5-9-12)15(19)16(20)23-13-10-6-3-7-11-13/h2-11H,1H3. The van der Waals surface area contributed by atoms with Gasteiger partial charge in [0.2, 0.25) is 10.0 Å². The molecule has 2 aromatic rings. The predicted molar refractivity (Wildman–Crippen MR) is 84.5 cm³/mol. The molecule has 0 spiro atoms. The summed E-state index contributed by atoms with van der Waals surface area (Å²) < 4.78 is 28.3. The average Bonchev–Trinajstić information content (AvgIpc) is 2.55. The largest absolute Gasteiger partial charge is 0.419 e. The Morgan fingerprint density at radius 3 is 1.88 bits per heavy atom. The minimum atomic E-state index is -4.32. The van der Waals surface area contributed by atoms with E-state index >= 15 is 0 Å². The molecule has 124 valence electrons. The summed E-state index contributed by atoms with van der Waals surface area (Å²) in [6.45, 7) is 0. The number of amides is 2. The van der Waals surface area contributed by atoms with Gasteiger partial charge in [-0.1, -0.05) is 36.4 Å². The van der Waals surface area contributed by atoms with Gasteiger partial charge in [0, 0.05) is 5.56 Å². The molecule has 0 bridgehead atoms. The minimum absolute atomic E-state index is 0.0520. The molecule has 0 aliphatic heterocycles. The summed E-state index contributed by atoms with van der Waals surface area (Å²) in [4.78, 5) is 36.4. The molecule has 0 N–H and O–H groups in total. The number of esters is 1. The van der Waals surface area contributed by atoms with Gasteiger partial charge in [0.05, 0.1) is 6.26 Å². The van der Waals surface area contributed by atoms with Gasteiger partial charge in [0.25, 0.3) is 5.91 Å². The lowest BCUT2D eigenvalue weighted by atomic mass is 10.2. The Morgan fingerprint density at radius 2 is 1.38 bits per heavy atom. The van der Waals surface area contributed by atoms with Crippen molar-refractivity contribution in [2.75, 3.05) is 6.26 Å². The fraction of sp³-hybridized carbons (Fsp3) is 0.0625. The van der Waals surface area contributed by atoms with Crippen LogP contribution >= 0.6 is 0 Å². The predicted octanol–water partition coefficient (Wildman–Crippen LogP) is 1.22. The molecule has 0 unspecified atom stereocenters. The topological polar surface area (TPSA) is 97.8 Å². The minimum Gasteiger partial charge on any atom is -0.419 e. The Hall–Kier alpha value is -3.00. The average molecular weight is 347 g/mol. The van der Waals surface area contributed by atoms with Crippen LogP contribution in [0, 0.1) is 0 Å². The van der Waals surface area contributed by atoms with Crippen LogP contribution in [-0.4, -0.2) is 36.8 Å². The lowest BCUT2D eigenvalue weighted by Gasteiger charge is -2.17. The molecule has 0 radical (unpaired) electrons. The number of imide groups is 1. The van der Waals surface area contributed by atoms with E-state index in [1.54, 1.807) is 24.3 Å². The van der Waals surface area contributed by atoms with Crippen molar-refractivity contribution in [2.24, 2.45) is 0 Å². The van der Waals surface area contributed by atoms with Crippen LogP contribution in [0.5, 0.6) is 5.75 Å². The van der Waals surface area contributed by atoms with Gasteiger partial charge in [-0.25, -0.2) is 13.2 Å². The molecule has 2 aromatic carbocycles. The smallest absolute Gasteiger partial charge is 0.403 e. The SMILES string of the molecule is CS(=O)(=O)N(C(=O)C(=O)Oc1ccccc1)C(=O)c1ccccc1. The van der Waals surface area contributed by atoms with Gasteiger partial charge in [-0.2, -0.15) is 4.31 Å². The molecular weight excluding hydrogens is 334 g/mol. The number of nitrogens with zero attached hydrogens (tertiary/aromatic N) is 1. The number of ether oxygens (including phenoxy) is 1. The number of carbonyl (C=O) groups excluding carboxylic acids is 3. The Kier molecular flexibility index (Phi) is 5.10. The monoisotopic (exact) mass is 347 g/mol. The van der Waals surface area contributed by atoms with Crippen LogP contribution < -0.4 is 4.74 Å². The molecule has 0 saturated heterocycles. The zero-order valence-corrected chi connectivity index (χ0v) is 13.4. The van der Waals surface area contributed by atoms with Crippen molar-refractivity contribution in [2.45, 2.75) is 0 Å². The molecule has 0 atom stereocenters. The maximum absolute atomic E-state index is 12.3. The molecule has 0 aliphatic carbocycles. The third-order valence-corrected chi connectivity index (χ3v) is 3.84. The van der Waals surface area contributed by atoms with Crippen molar-refractivity contribution >= 4 is 27.8 Å². The maximum atomic E-state index is 12.3. The first kappa shape index (κ1) is 17.4. The number of rotatable bonds is 3. The zero-order valence-electron chi connectivity index (χ0n) is 12.6. The molecule has 0 heterocycles. The first-order valence-corrected chi connectivity index (χ1v) is 8.56. The van der Waals surface area contributed by atoms with E-state index in [0.717, 1.165) is 0 Å². The second kappa shape index (κ2) is 7.05. The maximum Gasteiger partial charge on any atom is 0.403 e. The Balaban J connectivity index is 2.30. The van der Waals surface area contributed by atoms with Crippen molar-refractivity contribution in [1.82, 2.24) is 4.31 Å². The highest BCUT2D eigenvalue weighted by Crippen LogP contribution is 2.13. The second-order valence-electron chi connectivity index (χ2n) is 4.71. The highest BCUT2D eigenvalue weighted by Gasteiger charge is 2.37. The highest BCUT2D eigenvalue weighted by molar-refractivity contribution is 7.89. The molecule has 2 rings (SSSR count). The van der Waals surface area contributed by atoms with Crippen molar-refractivity contribution < 1.29 is 27.5 Å². The summed E-state index contributed by atoms with van der Waals surface area (Å²) >= 11 is 0. The molecule has 0 saturated carbocycles. The quantitative estimate of drug-likeness (QED) is 0.470. The van der Waals surface area contributed by atoms with Crippen LogP contribution in [0.4, 0.5) is 0 Å². The molecule has 2 amide bonds. The van der Waals surface area contributed by atoms with Gasteiger partial charge in [-0.15, -0.1) is 0 Å². The van der Waals surface area contributed by atoms with Crippen LogP contribution in [-0.2, 0) is 19.6 Å². The summed E-state index contributed by atoms with van der Waals surface area (Å²) in [6.07, 6.45) is 0.654. The highest BCUT2D eigenvalue weighted by atomic mass is 32.2. The number of hydrogen-bond donors (Lipinski definition) is 0. The molecule has 0 fully saturated rings. The molecule has 7 nitrogen and oxygen atoms in total. The van der Waals surface area contributed by atoms with E-state index in [1.165, 1.54) is 36.4 Å². The fourth-order valence-corrected chi connectivity index (χ4v) is 2.60. The van der Waals surface area contributed by atoms with E-state index in [4.69, 9.17) is 4.74 Å². The van der Waals surface area contributed by atoms with Crippen molar-refractivity contribution in [1.29, 1.82) is 0 Å². The van der Waals surface area contributed by atoms with Crippen LogP contribution in [0.15, 0.2) is 60.7 Å². The Morgan fingerprint density at radius 1 is 0.875 bits per heavy atom. The van der Waals surface area contributed by atoms with Crippen molar-refractivity contribution in [3.05, 3.63) is 66.2 Å². The summed E-state index contributed by atoms with van der Waals surface area (Å²) in [6, 6.07) is 14.9. The summed E-state index contributed by atoms with van der Waals surface area (Å²) in [7, 11) is -4.32. The second-order valence-corrected chi connectivity index (χ2v) is 6.54. The van der Waals surface area contributed by atoms with Crippen LogP contribution in [0.3, 0.4) is 0 Å². The van der Waals surface area contributed by atoms with Crippen LogP contribution in [0.2, 0.25) is 0 Å². The van der Waals surface area contributed by atoms with E-state index in [0.29, 0.717) is 6.26 Å². The van der Waals surface area contributed by atoms with E-state index in [9.17, 15) is 22.8 Å². The number of para-hydroxylation sites is 1. The van der Waals surface area contributed by atoms with E-state index in [1.807, 2.05) is 0 Å². The van der Waals surface area contributed by atoms with Gasteiger partial charge >= 0.3 is 11.9 Å². The number of carbonyl (C=O) groups is 3. The lowest BCUT2D eigenvalue weighted by Crippen LogP contribution is -2.46. The summed E-state index contributed by atoms with van der Waals surface area (Å²) in [5.41, 5.74) is -0.0520. The van der Waals surface area contributed by atoms with E-state index in [-0.39, 0.29) is 15.6 Å². The lowest BCUT2D eigenvalue weighted by molar-refractivity contribution is -0.150. The summed E-state index contributed by atoms with van der Waals surface area (Å²) in [5, 5.41) is 0. The fourth-order valence-electron chi connectivity index (χ4n) is 1.81. The van der Waals surface area contributed by atoms with E-state index < -0.39 is 27.8 Å². The van der Waals surface area contributed by atoms with E-state index in [2.05, 4.69) is 0 Å². The van der Waals surface area contributed by atoms with Gasteiger partial charge in [-0.3, -0.25) is 9.59 Å². The van der Waals surface area contributed by atoms with Crippen molar-refractivity contribution in [3.63, 3.8) is 0 Å². The first-order chi connectivity index (χ1) is 11.3. The Labute approximate surface area is 138 Å². The van der Waals surface area contributed by atoms with Gasteiger partial charge in [-0.05, 0) is 24.3 Å². The first-order valence-electron chi connectivity index (χ1n) is 6.71. The van der Waals surface area contributed by atoms with Crippen LogP contribution in [0.25, 0.3) is 0 Å². The molecule has 8 heteroatoms. The molecular formula is C16H13NO6S. The third-order valence-electron chi connectivity index (χ3n) is 2.85. The normalized spacial score (nSPS) is 10.7. The molecule has 0 aliphatic rings. The number of sulfonamides is 1. The molecule has 24 heavy (non-hydrogen) atoms. The van der Waals surface area contributed by atoms with Gasteiger partial charge < -0.3 is 4.74 Å². The number of hydrogen-bond acceptors (Lipinski definition) is 6. The van der Waals surface area contributed by atoms with Gasteiger partial charge in [0.15, 0.2) is 0 Å². The molecule has 0 aromatic heterocycles. The zero-order chi connectivity index (χ0) is 17.7. The number of benzene rings is 2.